The number of fused-ring (bicyclic) bond motifs is 3. The van der Waals surface area contributed by atoms with Crippen LogP contribution in [0.25, 0.3) is 11.2 Å². The van der Waals surface area contributed by atoms with E-state index >= 15 is 0 Å². The molecule has 3 unspecified atom stereocenters. The van der Waals surface area contributed by atoms with Gasteiger partial charge in [0.15, 0.2) is 5.65 Å². The van der Waals surface area contributed by atoms with Gasteiger partial charge in [-0.3, -0.25) is 13.9 Å². The zero-order valence-corrected chi connectivity index (χ0v) is 16.3. The molecule has 0 amide bonds. The Bertz CT molecular complexity index is 1070. The molecule has 0 saturated heterocycles. The predicted octanol–water partition coefficient (Wildman–Crippen LogP) is 2.23. The van der Waals surface area contributed by atoms with Gasteiger partial charge in [0.1, 0.15) is 11.3 Å². The van der Waals surface area contributed by atoms with Crippen LogP contribution in [0.4, 0.5) is 0 Å². The summed E-state index contributed by atoms with van der Waals surface area (Å²) in [5, 5.41) is 9.13. The number of H-pyrrole nitrogens is 1. The molecule has 2 aliphatic carbocycles. The van der Waals surface area contributed by atoms with Crippen molar-refractivity contribution in [1.29, 1.82) is 0 Å². The second-order valence-electron chi connectivity index (χ2n) is 7.94. The van der Waals surface area contributed by atoms with Gasteiger partial charge in [0, 0.05) is 25.1 Å². The zero-order valence-electron chi connectivity index (χ0n) is 16.3. The number of hydrogen-bond donors (Lipinski definition) is 2. The van der Waals surface area contributed by atoms with Crippen LogP contribution in [0.3, 0.4) is 0 Å². The van der Waals surface area contributed by atoms with E-state index in [1.165, 1.54) is 10.6 Å². The monoisotopic (exact) mass is 386 g/mol. The van der Waals surface area contributed by atoms with Crippen LogP contribution in [-0.4, -0.2) is 30.2 Å². The van der Waals surface area contributed by atoms with E-state index in [-0.39, 0.29) is 23.1 Å². The molecule has 3 atom stereocenters. The second kappa shape index (κ2) is 7.07. The molecule has 0 spiro atoms. The zero-order chi connectivity index (χ0) is 20.0. The number of aromatic nitrogens is 4. The summed E-state index contributed by atoms with van der Waals surface area (Å²) in [5.41, 5.74) is 1.14. The van der Waals surface area contributed by atoms with Gasteiger partial charge in [0.25, 0.3) is 5.56 Å². The molecule has 8 heteroatoms. The molecule has 2 heterocycles. The maximum absolute atomic E-state index is 12.9. The van der Waals surface area contributed by atoms with Crippen LogP contribution in [0.5, 0.6) is 0 Å². The maximum Gasteiger partial charge on any atom is 0.332 e. The van der Waals surface area contributed by atoms with Crippen LogP contribution in [0.1, 0.15) is 57.7 Å². The van der Waals surface area contributed by atoms with Crippen molar-refractivity contribution in [3.05, 3.63) is 38.3 Å². The highest BCUT2D eigenvalue weighted by atomic mass is 16.4. The summed E-state index contributed by atoms with van der Waals surface area (Å²) in [6.45, 7) is 4.81. The van der Waals surface area contributed by atoms with E-state index in [1.807, 2.05) is 13.8 Å². The molecule has 8 nitrogen and oxygen atoms in total. The van der Waals surface area contributed by atoms with E-state index in [4.69, 9.17) is 10.1 Å². The lowest BCUT2D eigenvalue weighted by Crippen LogP contribution is -2.40. The lowest BCUT2D eigenvalue weighted by molar-refractivity contribution is -0.131. The number of rotatable bonds is 6. The highest BCUT2D eigenvalue weighted by Crippen LogP contribution is 2.56. The normalized spacial score (nSPS) is 25.2. The van der Waals surface area contributed by atoms with E-state index in [9.17, 15) is 14.4 Å². The number of aromatic amines is 1. The van der Waals surface area contributed by atoms with Crippen LogP contribution < -0.4 is 11.2 Å². The Hall–Kier alpha value is -2.64. The van der Waals surface area contributed by atoms with Gasteiger partial charge in [0.05, 0.1) is 0 Å². The molecule has 2 aromatic rings. The molecule has 2 aliphatic rings. The van der Waals surface area contributed by atoms with Gasteiger partial charge in [-0.2, -0.15) is 0 Å². The summed E-state index contributed by atoms with van der Waals surface area (Å²) in [4.78, 5) is 44.8. The van der Waals surface area contributed by atoms with Crippen molar-refractivity contribution in [1.82, 2.24) is 19.1 Å². The Kier molecular flexibility index (Phi) is 4.72. The molecule has 4 rings (SSSR count). The SMILES string of the molecule is CCCn1c(=O)c2[nH]c(C3C4CCC3C(=CC(=O)O)C4)nc2n(CCC)c1=O. The molecule has 2 N–H and O–H groups in total. The summed E-state index contributed by atoms with van der Waals surface area (Å²) in [5.74, 6) is 0.366. The van der Waals surface area contributed by atoms with Crippen molar-refractivity contribution >= 4 is 17.1 Å². The summed E-state index contributed by atoms with van der Waals surface area (Å²) in [7, 11) is 0. The highest BCUT2D eigenvalue weighted by molar-refractivity contribution is 5.81. The Morgan fingerprint density at radius 2 is 1.93 bits per heavy atom. The van der Waals surface area contributed by atoms with Crippen molar-refractivity contribution in [3.8, 4) is 0 Å². The van der Waals surface area contributed by atoms with Crippen molar-refractivity contribution in [3.63, 3.8) is 0 Å². The minimum absolute atomic E-state index is 0.0854. The molecule has 2 saturated carbocycles. The fraction of sp³-hybridized carbons (Fsp3) is 0.600. The third kappa shape index (κ3) is 2.82. The van der Waals surface area contributed by atoms with E-state index in [1.54, 1.807) is 4.57 Å². The Morgan fingerprint density at radius 1 is 1.21 bits per heavy atom. The fourth-order valence-electron chi connectivity index (χ4n) is 5.11. The third-order valence-corrected chi connectivity index (χ3v) is 6.16. The quantitative estimate of drug-likeness (QED) is 0.740. The van der Waals surface area contributed by atoms with Gasteiger partial charge >= 0.3 is 11.7 Å². The molecule has 0 radical (unpaired) electrons. The fourth-order valence-corrected chi connectivity index (χ4v) is 5.11. The van der Waals surface area contributed by atoms with Crippen LogP contribution in [-0.2, 0) is 17.9 Å². The lowest BCUT2D eigenvalue weighted by atomic mass is 9.93. The summed E-state index contributed by atoms with van der Waals surface area (Å²) in [6.07, 6.45) is 5.53. The number of imidazole rings is 1. The minimum Gasteiger partial charge on any atom is -0.478 e. The maximum atomic E-state index is 12.9. The van der Waals surface area contributed by atoms with Crippen molar-refractivity contribution in [2.75, 3.05) is 0 Å². The first-order valence-electron chi connectivity index (χ1n) is 10.1. The number of nitrogens with one attached hydrogen (secondary N) is 1. The molecule has 0 aliphatic heterocycles. The molecule has 150 valence electrons. The number of aliphatic carboxylic acids is 1. The summed E-state index contributed by atoms with van der Waals surface area (Å²) in [6, 6.07) is 0. The van der Waals surface area contributed by atoms with Crippen LogP contribution >= 0.6 is 0 Å². The lowest BCUT2D eigenvalue weighted by Gasteiger charge is -2.12. The van der Waals surface area contributed by atoms with Crippen molar-refractivity contribution in [2.45, 2.75) is 65.0 Å². The van der Waals surface area contributed by atoms with Gasteiger partial charge in [-0.05, 0) is 43.9 Å². The Balaban J connectivity index is 1.86. The van der Waals surface area contributed by atoms with E-state index < -0.39 is 5.97 Å². The van der Waals surface area contributed by atoms with Gasteiger partial charge in [-0.15, -0.1) is 0 Å². The van der Waals surface area contributed by atoms with Gasteiger partial charge in [0.2, 0.25) is 0 Å². The van der Waals surface area contributed by atoms with Crippen LogP contribution in [0.15, 0.2) is 21.2 Å². The standard InChI is InChI=1S/C20H26N4O4/c1-3-7-23-18-16(19(27)24(8-4-2)20(23)28)21-17(22-18)15-11-5-6-13(15)12(9-11)10-14(25)26/h10-11,13,15H,3-9H2,1-2H3,(H,21,22)(H,25,26). The Morgan fingerprint density at radius 3 is 2.61 bits per heavy atom. The first-order valence-corrected chi connectivity index (χ1v) is 10.1. The molecule has 2 aromatic heterocycles. The van der Waals surface area contributed by atoms with Crippen molar-refractivity contribution in [2.24, 2.45) is 11.8 Å². The molecule has 0 aromatic carbocycles. The van der Waals surface area contributed by atoms with E-state index in [0.29, 0.717) is 42.4 Å². The topological polar surface area (TPSA) is 110 Å². The number of allylic oxidation sites excluding steroid dienone is 1. The van der Waals surface area contributed by atoms with E-state index in [0.717, 1.165) is 31.3 Å². The van der Waals surface area contributed by atoms with E-state index in [2.05, 4.69) is 4.98 Å². The first kappa shape index (κ1) is 18.7. The number of hydrogen-bond acceptors (Lipinski definition) is 4. The molecule has 2 fully saturated rings. The van der Waals surface area contributed by atoms with Gasteiger partial charge < -0.3 is 10.1 Å². The molecule has 2 bridgehead atoms. The Labute approximate surface area is 161 Å². The van der Waals surface area contributed by atoms with Gasteiger partial charge in [-0.25, -0.2) is 14.6 Å². The number of carboxylic acids is 1. The van der Waals surface area contributed by atoms with Crippen molar-refractivity contribution < 1.29 is 9.90 Å². The molecular formula is C20H26N4O4. The van der Waals surface area contributed by atoms with Gasteiger partial charge in [-0.1, -0.05) is 19.4 Å². The number of carboxylic acid groups (broad SMARTS) is 1. The summed E-state index contributed by atoms with van der Waals surface area (Å²) < 4.78 is 2.89. The average molecular weight is 386 g/mol. The second-order valence-corrected chi connectivity index (χ2v) is 7.94. The average Bonchev–Trinajstić information content (AvgIpc) is 3.33. The minimum atomic E-state index is -0.912. The number of carbonyl (C=O) groups is 1. The smallest absolute Gasteiger partial charge is 0.332 e. The number of aryl methyl sites for hydroxylation is 1. The molecule has 28 heavy (non-hydrogen) atoms. The third-order valence-electron chi connectivity index (χ3n) is 6.16. The number of nitrogens with zero attached hydrogens (tertiary/aromatic N) is 3. The predicted molar refractivity (Wildman–Crippen MR) is 104 cm³/mol. The highest BCUT2D eigenvalue weighted by Gasteiger charge is 2.47. The molecular weight excluding hydrogens is 360 g/mol. The largest absolute Gasteiger partial charge is 0.478 e. The first-order chi connectivity index (χ1) is 13.5. The van der Waals surface area contributed by atoms with Crippen LogP contribution in [0, 0.1) is 11.8 Å². The summed E-state index contributed by atoms with van der Waals surface area (Å²) >= 11 is 0. The van der Waals surface area contributed by atoms with Crippen LogP contribution in [0.2, 0.25) is 0 Å².